The minimum atomic E-state index is 0.536. The molecule has 0 atom stereocenters. The molecule has 2 aromatic rings. The van der Waals surface area contributed by atoms with E-state index in [2.05, 4.69) is 51.4 Å². The van der Waals surface area contributed by atoms with Crippen molar-refractivity contribution in [2.24, 2.45) is 0 Å². The van der Waals surface area contributed by atoms with Gasteiger partial charge in [0.05, 0.1) is 0 Å². The van der Waals surface area contributed by atoms with Crippen LogP contribution in [0, 0.1) is 13.8 Å². The fourth-order valence-electron chi connectivity index (χ4n) is 2.18. The fraction of sp³-hybridized carbons (Fsp3) is 0.312. The van der Waals surface area contributed by atoms with Crippen molar-refractivity contribution in [3.05, 3.63) is 57.3 Å². The lowest BCUT2D eigenvalue weighted by Gasteiger charge is -2.15. The number of aromatic nitrogens is 1. The fourth-order valence-corrected chi connectivity index (χ4v) is 2.80. The van der Waals surface area contributed by atoms with Crippen molar-refractivity contribution in [1.82, 2.24) is 10.3 Å². The summed E-state index contributed by atoms with van der Waals surface area (Å²) in [5.41, 5.74) is 4.52. The Hall–Kier alpha value is -1.39. The van der Waals surface area contributed by atoms with Gasteiger partial charge in [0.2, 0.25) is 0 Å². The van der Waals surface area contributed by atoms with Gasteiger partial charge in [-0.3, -0.25) is 4.98 Å². The lowest BCUT2D eigenvalue weighted by Crippen LogP contribution is -2.09. The Morgan fingerprint density at radius 1 is 1.20 bits per heavy atom. The largest absolute Gasteiger partial charge is 0.488 e. The Morgan fingerprint density at radius 2 is 2.00 bits per heavy atom. The number of hydrogen-bond donors (Lipinski definition) is 1. The van der Waals surface area contributed by atoms with Gasteiger partial charge >= 0.3 is 0 Å². The molecule has 0 saturated carbocycles. The first kappa shape index (κ1) is 15.0. The number of halogens is 1. The minimum absolute atomic E-state index is 0.536. The van der Waals surface area contributed by atoms with Crippen LogP contribution in [-0.2, 0) is 13.2 Å². The van der Waals surface area contributed by atoms with Gasteiger partial charge in [0.15, 0.2) is 0 Å². The first-order chi connectivity index (χ1) is 9.60. The smallest absolute Gasteiger partial charge is 0.127 e. The molecule has 3 nitrogen and oxygen atoms in total. The van der Waals surface area contributed by atoms with Crippen LogP contribution in [0.3, 0.4) is 0 Å². The lowest BCUT2D eigenvalue weighted by molar-refractivity contribution is 0.299. The third-order valence-corrected chi connectivity index (χ3v) is 3.46. The van der Waals surface area contributed by atoms with Crippen LogP contribution < -0.4 is 10.1 Å². The first-order valence-corrected chi connectivity index (χ1v) is 7.36. The van der Waals surface area contributed by atoms with Crippen LogP contribution in [0.5, 0.6) is 5.75 Å². The van der Waals surface area contributed by atoms with Crippen molar-refractivity contribution < 1.29 is 4.74 Å². The zero-order chi connectivity index (χ0) is 14.5. The molecule has 1 heterocycles. The van der Waals surface area contributed by atoms with Crippen molar-refractivity contribution in [3.63, 3.8) is 0 Å². The molecule has 0 bridgehead atoms. The van der Waals surface area contributed by atoms with E-state index < -0.39 is 0 Å². The average molecular weight is 335 g/mol. The summed E-state index contributed by atoms with van der Waals surface area (Å²) < 4.78 is 7.09. The van der Waals surface area contributed by atoms with Crippen molar-refractivity contribution >= 4 is 15.9 Å². The third kappa shape index (κ3) is 3.81. The van der Waals surface area contributed by atoms with Gasteiger partial charge < -0.3 is 10.1 Å². The van der Waals surface area contributed by atoms with Crippen molar-refractivity contribution in [2.45, 2.75) is 27.0 Å². The zero-order valence-corrected chi connectivity index (χ0v) is 13.6. The second-order valence-corrected chi connectivity index (χ2v) is 5.82. The van der Waals surface area contributed by atoms with E-state index in [4.69, 9.17) is 4.74 Å². The van der Waals surface area contributed by atoms with Crippen molar-refractivity contribution in [3.8, 4) is 5.75 Å². The molecule has 2 rings (SSSR count). The van der Waals surface area contributed by atoms with E-state index in [1.165, 1.54) is 0 Å². The van der Waals surface area contributed by atoms with Gasteiger partial charge in [0.25, 0.3) is 0 Å². The molecule has 20 heavy (non-hydrogen) atoms. The van der Waals surface area contributed by atoms with E-state index in [1.54, 1.807) is 0 Å². The molecule has 1 N–H and O–H groups in total. The molecule has 1 aromatic heterocycles. The van der Waals surface area contributed by atoms with E-state index in [-0.39, 0.29) is 0 Å². The van der Waals surface area contributed by atoms with E-state index in [9.17, 15) is 0 Å². The van der Waals surface area contributed by atoms with Crippen LogP contribution in [-0.4, -0.2) is 12.0 Å². The Labute approximate surface area is 128 Å². The highest BCUT2D eigenvalue weighted by atomic mass is 79.9. The van der Waals surface area contributed by atoms with Crippen LogP contribution in [0.2, 0.25) is 0 Å². The summed E-state index contributed by atoms with van der Waals surface area (Å²) in [7, 11) is 1.94. The standard InChI is InChI=1S/C16H19BrN2O/c1-11-4-13(8-19-7-11)10-20-16-12(2)5-15(17)6-14(16)9-18-3/h4-8,18H,9-10H2,1-3H3. The highest BCUT2D eigenvalue weighted by Gasteiger charge is 2.09. The average Bonchev–Trinajstić information content (AvgIpc) is 2.38. The van der Waals surface area contributed by atoms with Crippen LogP contribution in [0.1, 0.15) is 22.3 Å². The number of nitrogens with one attached hydrogen (secondary N) is 1. The summed E-state index contributed by atoms with van der Waals surface area (Å²) in [6.07, 6.45) is 3.69. The molecule has 0 spiro atoms. The highest BCUT2D eigenvalue weighted by molar-refractivity contribution is 9.10. The molecule has 0 aliphatic carbocycles. The summed E-state index contributed by atoms with van der Waals surface area (Å²) in [5.74, 6) is 0.948. The molecule has 0 radical (unpaired) electrons. The van der Waals surface area contributed by atoms with Crippen LogP contribution in [0.15, 0.2) is 35.1 Å². The van der Waals surface area contributed by atoms with Gasteiger partial charge in [-0.1, -0.05) is 15.9 Å². The summed E-state index contributed by atoms with van der Waals surface area (Å²) in [4.78, 5) is 4.19. The molecule has 4 heteroatoms. The summed E-state index contributed by atoms with van der Waals surface area (Å²) in [5, 5.41) is 3.17. The molecule has 0 aliphatic rings. The molecule has 0 amide bonds. The van der Waals surface area contributed by atoms with Crippen LogP contribution in [0.4, 0.5) is 0 Å². The van der Waals surface area contributed by atoms with Crippen LogP contribution >= 0.6 is 15.9 Å². The van der Waals surface area contributed by atoms with Crippen molar-refractivity contribution in [1.29, 1.82) is 0 Å². The van der Waals surface area contributed by atoms with Gasteiger partial charge in [-0.2, -0.15) is 0 Å². The Morgan fingerprint density at radius 3 is 2.70 bits per heavy atom. The Balaban J connectivity index is 2.20. The first-order valence-electron chi connectivity index (χ1n) is 6.57. The van der Waals surface area contributed by atoms with Crippen molar-refractivity contribution in [2.75, 3.05) is 7.05 Å². The second kappa shape index (κ2) is 6.86. The lowest BCUT2D eigenvalue weighted by atomic mass is 10.1. The van der Waals surface area contributed by atoms with E-state index in [0.717, 1.165) is 39.0 Å². The number of benzene rings is 1. The monoisotopic (exact) mass is 334 g/mol. The number of ether oxygens (including phenoxy) is 1. The van der Waals surface area contributed by atoms with Gasteiger partial charge in [0.1, 0.15) is 12.4 Å². The molecule has 0 saturated heterocycles. The van der Waals surface area contributed by atoms with Gasteiger partial charge in [0, 0.05) is 34.5 Å². The van der Waals surface area contributed by atoms with Gasteiger partial charge in [-0.15, -0.1) is 0 Å². The topological polar surface area (TPSA) is 34.1 Å². The predicted molar refractivity (Wildman–Crippen MR) is 84.9 cm³/mol. The zero-order valence-electron chi connectivity index (χ0n) is 12.0. The summed E-state index contributed by atoms with van der Waals surface area (Å²) in [6.45, 7) is 5.41. The number of nitrogens with zero attached hydrogens (tertiary/aromatic N) is 1. The minimum Gasteiger partial charge on any atom is -0.488 e. The molecule has 0 unspecified atom stereocenters. The van der Waals surface area contributed by atoms with Crippen LogP contribution in [0.25, 0.3) is 0 Å². The number of pyridine rings is 1. The predicted octanol–water partition coefficient (Wildman–Crippen LogP) is 3.76. The highest BCUT2D eigenvalue weighted by Crippen LogP contribution is 2.28. The number of aryl methyl sites for hydroxylation is 2. The van der Waals surface area contributed by atoms with Gasteiger partial charge in [-0.05, 0) is 50.2 Å². The van der Waals surface area contributed by atoms with E-state index >= 15 is 0 Å². The Bertz CT molecular complexity index is 599. The SMILES string of the molecule is CNCc1cc(Br)cc(C)c1OCc1cncc(C)c1. The Kier molecular flexibility index (Phi) is 5.15. The molecule has 106 valence electrons. The van der Waals surface area contributed by atoms with E-state index in [0.29, 0.717) is 6.61 Å². The molecular weight excluding hydrogens is 316 g/mol. The molecular formula is C16H19BrN2O. The number of hydrogen-bond acceptors (Lipinski definition) is 3. The maximum Gasteiger partial charge on any atom is 0.127 e. The van der Waals surface area contributed by atoms with E-state index in [1.807, 2.05) is 26.4 Å². The van der Waals surface area contributed by atoms with Gasteiger partial charge in [-0.25, -0.2) is 0 Å². The molecule has 0 aliphatic heterocycles. The molecule has 1 aromatic carbocycles. The third-order valence-electron chi connectivity index (χ3n) is 3.00. The number of rotatable bonds is 5. The second-order valence-electron chi connectivity index (χ2n) is 4.90. The quantitative estimate of drug-likeness (QED) is 0.903. The maximum absolute atomic E-state index is 6.02. The summed E-state index contributed by atoms with van der Waals surface area (Å²) in [6, 6.07) is 6.26. The summed E-state index contributed by atoms with van der Waals surface area (Å²) >= 11 is 3.53. The maximum atomic E-state index is 6.02. The molecule has 0 fully saturated rings. The normalized spacial score (nSPS) is 10.6.